The Labute approximate surface area is 191 Å². The molecule has 0 radical (unpaired) electrons. The Morgan fingerprint density at radius 1 is 1.00 bits per heavy atom. The van der Waals surface area contributed by atoms with Gasteiger partial charge in [-0.2, -0.15) is 10.1 Å². The molecule has 9 heteroatoms. The molecular weight excluding hydrogens is 418 g/mol. The molecule has 0 atom stereocenters. The van der Waals surface area contributed by atoms with Crippen LogP contribution in [-0.2, 0) is 20.6 Å². The maximum Gasteiger partial charge on any atom is 0.332 e. The van der Waals surface area contributed by atoms with Crippen molar-refractivity contribution in [3.05, 3.63) is 86.1 Å². The number of hydrogen-bond donors (Lipinski definition) is 1. The van der Waals surface area contributed by atoms with Crippen molar-refractivity contribution in [1.29, 1.82) is 0 Å². The molecule has 0 saturated heterocycles. The fourth-order valence-electron chi connectivity index (χ4n) is 3.58. The molecule has 2 heterocycles. The highest BCUT2D eigenvalue weighted by molar-refractivity contribution is 5.81. The summed E-state index contributed by atoms with van der Waals surface area (Å²) in [7, 11) is 7.05. The van der Waals surface area contributed by atoms with Crippen molar-refractivity contribution in [2.24, 2.45) is 19.2 Å². The SMILES string of the molecule is Cc1ccc(Cn2c(N/N=C/c3ccc(N(C)C)cc3)nc3c2c(=O)n(C)c(=O)n3C)cc1. The summed E-state index contributed by atoms with van der Waals surface area (Å²) in [6, 6.07) is 16.0. The lowest BCUT2D eigenvalue weighted by Crippen LogP contribution is -2.37. The van der Waals surface area contributed by atoms with Crippen molar-refractivity contribution in [1.82, 2.24) is 18.7 Å². The smallest absolute Gasteiger partial charge is 0.332 e. The minimum atomic E-state index is -0.427. The molecule has 1 N–H and O–H groups in total. The van der Waals surface area contributed by atoms with Crippen LogP contribution in [-0.4, -0.2) is 39.0 Å². The second kappa shape index (κ2) is 8.78. The van der Waals surface area contributed by atoms with Gasteiger partial charge in [-0.05, 0) is 30.2 Å². The van der Waals surface area contributed by atoms with Crippen molar-refractivity contribution < 1.29 is 0 Å². The minimum Gasteiger partial charge on any atom is -0.378 e. The van der Waals surface area contributed by atoms with Crippen LogP contribution in [0.25, 0.3) is 11.2 Å². The molecule has 0 spiro atoms. The largest absolute Gasteiger partial charge is 0.378 e. The molecule has 2 aromatic heterocycles. The number of aromatic nitrogens is 4. The molecule has 0 aliphatic carbocycles. The molecule has 4 aromatic rings. The van der Waals surface area contributed by atoms with Crippen LogP contribution in [0.2, 0.25) is 0 Å². The van der Waals surface area contributed by atoms with Crippen LogP contribution in [0.15, 0.2) is 63.2 Å². The standard InChI is InChI=1S/C24H27N7O2/c1-16-6-8-18(9-7-16)15-31-20-21(29(4)24(33)30(5)22(20)32)26-23(31)27-25-14-17-10-12-19(13-11-17)28(2)3/h6-14H,15H2,1-5H3,(H,26,27)/b25-14+. The zero-order chi connectivity index (χ0) is 23.7. The molecule has 0 aliphatic heterocycles. The van der Waals surface area contributed by atoms with Crippen molar-refractivity contribution in [3.8, 4) is 0 Å². The topological polar surface area (TPSA) is 89.5 Å². The maximum atomic E-state index is 13.0. The van der Waals surface area contributed by atoms with Gasteiger partial charge in [-0.15, -0.1) is 0 Å². The van der Waals surface area contributed by atoms with Gasteiger partial charge in [-0.25, -0.2) is 10.2 Å². The first-order chi connectivity index (χ1) is 15.8. The van der Waals surface area contributed by atoms with E-state index in [-0.39, 0.29) is 0 Å². The van der Waals surface area contributed by atoms with Crippen molar-refractivity contribution in [3.63, 3.8) is 0 Å². The van der Waals surface area contributed by atoms with Gasteiger partial charge in [-0.1, -0.05) is 42.0 Å². The fourth-order valence-corrected chi connectivity index (χ4v) is 3.58. The van der Waals surface area contributed by atoms with Crippen LogP contribution in [0.5, 0.6) is 0 Å². The summed E-state index contributed by atoms with van der Waals surface area (Å²) in [5, 5.41) is 4.33. The monoisotopic (exact) mass is 445 g/mol. The lowest BCUT2D eigenvalue weighted by molar-refractivity contribution is 0.702. The maximum absolute atomic E-state index is 13.0. The third kappa shape index (κ3) is 4.30. The van der Waals surface area contributed by atoms with Crippen LogP contribution in [0.3, 0.4) is 0 Å². The van der Waals surface area contributed by atoms with Gasteiger partial charge >= 0.3 is 5.69 Å². The van der Waals surface area contributed by atoms with E-state index in [1.165, 1.54) is 11.6 Å². The molecule has 4 rings (SSSR count). The van der Waals surface area contributed by atoms with Gasteiger partial charge in [0.05, 0.1) is 12.8 Å². The van der Waals surface area contributed by atoms with E-state index in [9.17, 15) is 9.59 Å². The Hall–Kier alpha value is -4.14. The van der Waals surface area contributed by atoms with Crippen LogP contribution < -0.4 is 21.6 Å². The van der Waals surface area contributed by atoms with Crippen molar-refractivity contribution in [2.45, 2.75) is 13.5 Å². The second-order valence-electron chi connectivity index (χ2n) is 8.24. The highest BCUT2D eigenvalue weighted by atomic mass is 16.2. The fraction of sp³-hybridized carbons (Fsp3) is 0.250. The van der Waals surface area contributed by atoms with Gasteiger partial charge in [0.1, 0.15) is 0 Å². The predicted molar refractivity (Wildman–Crippen MR) is 132 cm³/mol. The molecular formula is C24H27N7O2. The molecule has 0 saturated carbocycles. The molecule has 0 unspecified atom stereocenters. The average Bonchev–Trinajstić information content (AvgIpc) is 3.16. The molecule has 0 amide bonds. The summed E-state index contributed by atoms with van der Waals surface area (Å²) >= 11 is 0. The summed E-state index contributed by atoms with van der Waals surface area (Å²) in [6.45, 7) is 2.42. The number of anilines is 2. The first-order valence-electron chi connectivity index (χ1n) is 10.5. The van der Waals surface area contributed by atoms with Crippen molar-refractivity contribution in [2.75, 3.05) is 24.4 Å². The van der Waals surface area contributed by atoms with E-state index < -0.39 is 11.2 Å². The number of imidazole rings is 1. The van der Waals surface area contributed by atoms with Crippen LogP contribution in [0.4, 0.5) is 11.6 Å². The van der Waals surface area contributed by atoms with E-state index in [1.54, 1.807) is 17.8 Å². The van der Waals surface area contributed by atoms with E-state index in [2.05, 4.69) is 15.5 Å². The summed E-state index contributed by atoms with van der Waals surface area (Å²) in [5.41, 5.74) is 6.94. The van der Waals surface area contributed by atoms with Gasteiger partial charge in [-0.3, -0.25) is 18.5 Å². The normalized spacial score (nSPS) is 11.4. The molecule has 0 aliphatic rings. The van der Waals surface area contributed by atoms with Crippen molar-refractivity contribution >= 4 is 29.0 Å². The number of hydrazone groups is 1. The minimum absolute atomic E-state index is 0.309. The molecule has 33 heavy (non-hydrogen) atoms. The van der Waals surface area contributed by atoms with E-state index in [0.29, 0.717) is 23.7 Å². The number of benzene rings is 2. The first kappa shape index (κ1) is 22.1. The van der Waals surface area contributed by atoms with Crippen LogP contribution in [0.1, 0.15) is 16.7 Å². The first-order valence-corrected chi connectivity index (χ1v) is 10.5. The van der Waals surface area contributed by atoms with Gasteiger partial charge in [0.2, 0.25) is 5.95 Å². The molecule has 0 fully saturated rings. The summed E-state index contributed by atoms with van der Waals surface area (Å²) in [6.07, 6.45) is 1.69. The summed E-state index contributed by atoms with van der Waals surface area (Å²) < 4.78 is 4.22. The zero-order valence-electron chi connectivity index (χ0n) is 19.4. The number of nitrogens with one attached hydrogen (secondary N) is 1. The van der Waals surface area contributed by atoms with Gasteiger partial charge in [0, 0.05) is 33.9 Å². The Balaban J connectivity index is 1.75. The lowest BCUT2D eigenvalue weighted by Gasteiger charge is -2.11. The Morgan fingerprint density at radius 2 is 1.67 bits per heavy atom. The molecule has 2 aromatic carbocycles. The Kier molecular flexibility index (Phi) is 5.87. The number of fused-ring (bicyclic) bond motifs is 1. The van der Waals surface area contributed by atoms with Gasteiger partial charge < -0.3 is 4.90 Å². The van der Waals surface area contributed by atoms with E-state index in [1.807, 2.05) is 74.4 Å². The average molecular weight is 446 g/mol. The zero-order valence-corrected chi connectivity index (χ0v) is 19.4. The predicted octanol–water partition coefficient (Wildman–Crippen LogP) is 2.30. The highest BCUT2D eigenvalue weighted by Crippen LogP contribution is 2.18. The molecule has 9 nitrogen and oxygen atoms in total. The number of rotatable bonds is 6. The Morgan fingerprint density at radius 3 is 2.30 bits per heavy atom. The second-order valence-corrected chi connectivity index (χ2v) is 8.24. The van der Waals surface area contributed by atoms with Gasteiger partial charge in [0.15, 0.2) is 11.2 Å². The highest BCUT2D eigenvalue weighted by Gasteiger charge is 2.19. The summed E-state index contributed by atoms with van der Waals surface area (Å²) in [5.74, 6) is 0.380. The number of hydrogen-bond acceptors (Lipinski definition) is 6. The number of nitrogens with zero attached hydrogens (tertiary/aromatic N) is 6. The van der Waals surface area contributed by atoms with E-state index in [0.717, 1.165) is 26.9 Å². The van der Waals surface area contributed by atoms with Gasteiger partial charge in [0.25, 0.3) is 5.56 Å². The number of aryl methyl sites for hydroxylation is 2. The van der Waals surface area contributed by atoms with Crippen LogP contribution >= 0.6 is 0 Å². The third-order valence-electron chi connectivity index (χ3n) is 5.60. The summed E-state index contributed by atoms with van der Waals surface area (Å²) in [4.78, 5) is 32.0. The molecule has 170 valence electrons. The van der Waals surface area contributed by atoms with Crippen LogP contribution in [0, 0.1) is 6.92 Å². The van der Waals surface area contributed by atoms with E-state index in [4.69, 9.17) is 0 Å². The van der Waals surface area contributed by atoms with E-state index >= 15 is 0 Å². The third-order valence-corrected chi connectivity index (χ3v) is 5.60. The Bertz CT molecular complexity index is 1440. The quantitative estimate of drug-likeness (QED) is 0.363. The lowest BCUT2D eigenvalue weighted by atomic mass is 10.1. The molecule has 0 bridgehead atoms.